The molecule has 0 radical (unpaired) electrons. The van der Waals surface area contributed by atoms with Gasteiger partial charge in [-0.2, -0.15) is 0 Å². The van der Waals surface area contributed by atoms with Crippen molar-refractivity contribution in [2.24, 2.45) is 0 Å². The molecule has 0 spiro atoms. The van der Waals surface area contributed by atoms with Crippen molar-refractivity contribution in [2.75, 3.05) is 7.11 Å². The lowest BCUT2D eigenvalue weighted by Crippen LogP contribution is -2.30. The maximum Gasteiger partial charge on any atom is 0.225 e. The van der Waals surface area contributed by atoms with Gasteiger partial charge >= 0.3 is 0 Å². The van der Waals surface area contributed by atoms with Crippen molar-refractivity contribution in [2.45, 2.75) is 12.5 Å². The van der Waals surface area contributed by atoms with Crippen LogP contribution in [0.5, 0.6) is 11.5 Å². The SMILES string of the molecule is COc1ccc(C(NC(=O)Cc2ccccc2)c2c(O)ccc3ccccc23)cc1. The Morgan fingerprint density at radius 3 is 2.33 bits per heavy atom. The maximum atomic E-state index is 12.9. The first-order valence-corrected chi connectivity index (χ1v) is 9.83. The number of fused-ring (bicyclic) bond motifs is 1. The molecule has 0 saturated carbocycles. The summed E-state index contributed by atoms with van der Waals surface area (Å²) in [5, 5.41) is 15.8. The van der Waals surface area contributed by atoms with Crippen molar-refractivity contribution in [1.82, 2.24) is 5.32 Å². The van der Waals surface area contributed by atoms with Gasteiger partial charge in [-0.15, -0.1) is 0 Å². The van der Waals surface area contributed by atoms with Gasteiger partial charge in [0.25, 0.3) is 0 Å². The lowest BCUT2D eigenvalue weighted by atomic mass is 9.92. The van der Waals surface area contributed by atoms with Crippen molar-refractivity contribution in [3.8, 4) is 11.5 Å². The molecule has 2 N–H and O–H groups in total. The molecule has 0 bridgehead atoms. The molecule has 0 fully saturated rings. The van der Waals surface area contributed by atoms with Crippen LogP contribution < -0.4 is 10.1 Å². The third-order valence-electron chi connectivity index (χ3n) is 5.20. The fourth-order valence-electron chi connectivity index (χ4n) is 3.70. The van der Waals surface area contributed by atoms with Crippen molar-refractivity contribution in [3.05, 3.63) is 108 Å². The summed E-state index contributed by atoms with van der Waals surface area (Å²) in [6.07, 6.45) is 0.263. The van der Waals surface area contributed by atoms with Crippen LogP contribution in [0.25, 0.3) is 10.8 Å². The molecule has 1 amide bonds. The first-order chi connectivity index (χ1) is 14.7. The first-order valence-electron chi connectivity index (χ1n) is 9.83. The number of phenolic OH excluding ortho intramolecular Hbond substituents is 1. The minimum absolute atomic E-state index is 0.116. The zero-order chi connectivity index (χ0) is 20.9. The van der Waals surface area contributed by atoms with E-state index in [1.165, 1.54) is 0 Å². The van der Waals surface area contributed by atoms with E-state index in [-0.39, 0.29) is 18.1 Å². The number of carbonyl (C=O) groups is 1. The first kappa shape index (κ1) is 19.5. The van der Waals surface area contributed by atoms with E-state index in [1.54, 1.807) is 13.2 Å². The monoisotopic (exact) mass is 397 g/mol. The number of rotatable bonds is 6. The Morgan fingerprint density at radius 2 is 1.60 bits per heavy atom. The highest BCUT2D eigenvalue weighted by molar-refractivity contribution is 5.89. The highest BCUT2D eigenvalue weighted by Gasteiger charge is 2.22. The van der Waals surface area contributed by atoms with Gasteiger partial charge in [-0.25, -0.2) is 0 Å². The van der Waals surface area contributed by atoms with E-state index in [4.69, 9.17) is 4.74 Å². The number of aromatic hydroxyl groups is 1. The van der Waals surface area contributed by atoms with Gasteiger partial charge in [0.15, 0.2) is 0 Å². The number of hydrogen-bond donors (Lipinski definition) is 2. The van der Waals surface area contributed by atoms with Crippen LogP contribution in [0, 0.1) is 0 Å². The molecule has 0 heterocycles. The fourth-order valence-corrected chi connectivity index (χ4v) is 3.70. The molecule has 1 atom stereocenters. The predicted molar refractivity (Wildman–Crippen MR) is 119 cm³/mol. The molecule has 0 aliphatic rings. The smallest absolute Gasteiger partial charge is 0.225 e. The van der Waals surface area contributed by atoms with Crippen molar-refractivity contribution in [3.63, 3.8) is 0 Å². The van der Waals surface area contributed by atoms with Crippen LogP contribution in [0.3, 0.4) is 0 Å². The van der Waals surface area contributed by atoms with Crippen molar-refractivity contribution in [1.29, 1.82) is 0 Å². The second-order valence-corrected chi connectivity index (χ2v) is 7.16. The molecule has 4 rings (SSSR count). The summed E-state index contributed by atoms with van der Waals surface area (Å²) in [5.74, 6) is 0.763. The molecular weight excluding hydrogens is 374 g/mol. The second kappa shape index (κ2) is 8.70. The van der Waals surface area contributed by atoms with E-state index in [2.05, 4.69) is 5.32 Å². The van der Waals surface area contributed by atoms with Crippen LogP contribution in [0.4, 0.5) is 0 Å². The van der Waals surface area contributed by atoms with E-state index in [1.807, 2.05) is 84.9 Å². The number of methoxy groups -OCH3 is 1. The minimum atomic E-state index is -0.502. The van der Waals surface area contributed by atoms with E-state index in [0.717, 1.165) is 27.6 Å². The van der Waals surface area contributed by atoms with Gasteiger partial charge < -0.3 is 15.2 Å². The van der Waals surface area contributed by atoms with Gasteiger partial charge in [-0.3, -0.25) is 4.79 Å². The molecular formula is C26H23NO3. The van der Waals surface area contributed by atoms with Crippen LogP contribution in [0.15, 0.2) is 91.0 Å². The van der Waals surface area contributed by atoms with Crippen molar-refractivity contribution < 1.29 is 14.6 Å². The summed E-state index contributed by atoms with van der Waals surface area (Å²) < 4.78 is 5.27. The largest absolute Gasteiger partial charge is 0.508 e. The van der Waals surface area contributed by atoms with Crippen LogP contribution in [0.2, 0.25) is 0 Å². The van der Waals surface area contributed by atoms with Crippen LogP contribution in [-0.2, 0) is 11.2 Å². The number of amides is 1. The van der Waals surface area contributed by atoms with E-state index >= 15 is 0 Å². The van der Waals surface area contributed by atoms with Crippen LogP contribution in [-0.4, -0.2) is 18.1 Å². The standard InChI is InChI=1S/C26H23NO3/c1-30-21-14-11-20(12-15-21)26(27-24(29)17-18-7-3-2-4-8-18)25-22-10-6-5-9-19(22)13-16-23(25)28/h2-16,26,28H,17H2,1H3,(H,27,29). The lowest BCUT2D eigenvalue weighted by Gasteiger charge is -2.23. The summed E-state index contributed by atoms with van der Waals surface area (Å²) in [6, 6.07) is 28.1. The number of benzene rings is 4. The Labute approximate surface area is 175 Å². The third-order valence-corrected chi connectivity index (χ3v) is 5.20. The number of carbonyl (C=O) groups excluding carboxylic acids is 1. The van der Waals surface area contributed by atoms with E-state index in [0.29, 0.717) is 5.56 Å². The molecule has 4 aromatic carbocycles. The van der Waals surface area contributed by atoms with Gasteiger partial charge in [0.2, 0.25) is 5.91 Å². The summed E-state index contributed by atoms with van der Waals surface area (Å²) in [7, 11) is 1.62. The van der Waals surface area contributed by atoms with Gasteiger partial charge in [-0.05, 0) is 40.1 Å². The molecule has 4 nitrogen and oxygen atoms in total. The summed E-state index contributed by atoms with van der Waals surface area (Å²) in [5.41, 5.74) is 2.48. The molecule has 0 aliphatic heterocycles. The molecule has 0 aliphatic carbocycles. The number of phenols is 1. The Kier molecular flexibility index (Phi) is 5.66. The Hall–Kier alpha value is -3.79. The summed E-state index contributed by atoms with van der Waals surface area (Å²) >= 11 is 0. The highest BCUT2D eigenvalue weighted by atomic mass is 16.5. The lowest BCUT2D eigenvalue weighted by molar-refractivity contribution is -0.120. The molecule has 4 heteroatoms. The minimum Gasteiger partial charge on any atom is -0.508 e. The number of hydrogen-bond acceptors (Lipinski definition) is 3. The van der Waals surface area contributed by atoms with Crippen LogP contribution in [0.1, 0.15) is 22.7 Å². The Bertz CT molecular complexity index is 1150. The van der Waals surface area contributed by atoms with Gasteiger partial charge in [0.05, 0.1) is 19.6 Å². The normalized spacial score (nSPS) is 11.8. The third kappa shape index (κ3) is 4.13. The second-order valence-electron chi connectivity index (χ2n) is 7.16. The number of ether oxygens (including phenoxy) is 1. The fraction of sp³-hybridized carbons (Fsp3) is 0.115. The van der Waals surface area contributed by atoms with Crippen LogP contribution >= 0.6 is 0 Å². The van der Waals surface area contributed by atoms with E-state index in [9.17, 15) is 9.90 Å². The predicted octanol–water partition coefficient (Wildman–Crippen LogP) is 5.00. The molecule has 4 aromatic rings. The van der Waals surface area contributed by atoms with Gasteiger partial charge in [0, 0.05) is 5.56 Å². The Balaban J connectivity index is 1.76. The highest BCUT2D eigenvalue weighted by Crippen LogP contribution is 2.36. The molecule has 1 unspecified atom stereocenters. The van der Waals surface area contributed by atoms with Crippen molar-refractivity contribution >= 4 is 16.7 Å². The van der Waals surface area contributed by atoms with Gasteiger partial charge in [-0.1, -0.05) is 72.8 Å². The average molecular weight is 397 g/mol. The quantitative estimate of drug-likeness (QED) is 0.481. The average Bonchev–Trinajstić information content (AvgIpc) is 2.78. The molecule has 0 aromatic heterocycles. The zero-order valence-electron chi connectivity index (χ0n) is 16.7. The topological polar surface area (TPSA) is 58.6 Å². The van der Waals surface area contributed by atoms with E-state index < -0.39 is 6.04 Å². The molecule has 30 heavy (non-hydrogen) atoms. The summed E-state index contributed by atoms with van der Waals surface area (Å²) in [4.78, 5) is 12.9. The maximum absolute atomic E-state index is 12.9. The Morgan fingerprint density at radius 1 is 0.900 bits per heavy atom. The zero-order valence-corrected chi connectivity index (χ0v) is 16.7. The number of nitrogens with one attached hydrogen (secondary N) is 1. The molecule has 0 saturated heterocycles. The summed E-state index contributed by atoms with van der Waals surface area (Å²) in [6.45, 7) is 0. The molecule has 150 valence electrons. The van der Waals surface area contributed by atoms with Gasteiger partial charge in [0.1, 0.15) is 11.5 Å².